The molecule has 148 valence electrons. The molecule has 1 atom stereocenters. The summed E-state index contributed by atoms with van der Waals surface area (Å²) in [4.78, 5) is 23.7. The van der Waals surface area contributed by atoms with E-state index in [1.807, 2.05) is 6.92 Å². The summed E-state index contributed by atoms with van der Waals surface area (Å²) in [6, 6.07) is 0. The van der Waals surface area contributed by atoms with Crippen molar-refractivity contribution in [2.24, 2.45) is 5.92 Å². The second kappa shape index (κ2) is 17.7. The van der Waals surface area contributed by atoms with Gasteiger partial charge in [0, 0.05) is 6.61 Å². The molecule has 0 amide bonds. The predicted molar refractivity (Wildman–Crippen MR) is 96.4 cm³/mol. The fraction of sp³-hybridized carbons (Fsp3) is 0.895. The van der Waals surface area contributed by atoms with Gasteiger partial charge in [-0.2, -0.15) is 0 Å². The largest absolute Gasteiger partial charge is 0.469 e. The van der Waals surface area contributed by atoms with Crippen LogP contribution >= 0.6 is 0 Å². The van der Waals surface area contributed by atoms with E-state index in [4.69, 9.17) is 18.9 Å². The number of ether oxygens (including phenoxy) is 4. The van der Waals surface area contributed by atoms with Crippen LogP contribution in [0.1, 0.15) is 65.2 Å². The minimum atomic E-state index is -0.414. The molecule has 0 heterocycles. The molecule has 0 fully saturated rings. The first kappa shape index (κ1) is 23.9. The Morgan fingerprint density at radius 3 is 2.16 bits per heavy atom. The Bertz CT molecular complexity index is 332. The fourth-order valence-corrected chi connectivity index (χ4v) is 2.48. The second-order valence-electron chi connectivity index (χ2n) is 6.01. The van der Waals surface area contributed by atoms with Crippen LogP contribution in [0.2, 0.25) is 0 Å². The molecule has 0 spiro atoms. The highest BCUT2D eigenvalue weighted by Crippen LogP contribution is 2.17. The Morgan fingerprint density at radius 2 is 1.48 bits per heavy atom. The van der Waals surface area contributed by atoms with Gasteiger partial charge in [0.1, 0.15) is 6.61 Å². The molecule has 0 aromatic carbocycles. The molecule has 0 bridgehead atoms. The molecule has 0 aliphatic carbocycles. The summed E-state index contributed by atoms with van der Waals surface area (Å²) in [6.07, 6.45) is 7.61. The van der Waals surface area contributed by atoms with Crippen molar-refractivity contribution < 1.29 is 28.5 Å². The fourth-order valence-electron chi connectivity index (χ4n) is 2.48. The number of unbranched alkanes of at least 4 members (excludes halogenated alkanes) is 5. The first-order valence-corrected chi connectivity index (χ1v) is 9.54. The lowest BCUT2D eigenvalue weighted by molar-refractivity contribution is -0.154. The van der Waals surface area contributed by atoms with Crippen molar-refractivity contribution in [3.8, 4) is 0 Å². The van der Waals surface area contributed by atoms with Crippen molar-refractivity contribution >= 4 is 11.9 Å². The predicted octanol–water partition coefficient (Wildman–Crippen LogP) is 3.51. The number of hydrogen-bond donors (Lipinski definition) is 0. The lowest BCUT2D eigenvalue weighted by Crippen LogP contribution is -2.22. The molecule has 0 rings (SSSR count). The quantitative estimate of drug-likeness (QED) is 0.292. The maximum absolute atomic E-state index is 11.9. The number of rotatable bonds is 17. The molecule has 0 N–H and O–H groups in total. The lowest BCUT2D eigenvalue weighted by Gasteiger charge is -2.14. The first-order chi connectivity index (χ1) is 12.2. The van der Waals surface area contributed by atoms with Gasteiger partial charge in [0.2, 0.25) is 0 Å². The summed E-state index contributed by atoms with van der Waals surface area (Å²) in [7, 11) is 1.36. The number of methoxy groups -OCH3 is 1. The smallest absolute Gasteiger partial charge is 0.309 e. The minimum absolute atomic E-state index is 0.0700. The molecule has 0 aliphatic heterocycles. The van der Waals surface area contributed by atoms with Crippen LogP contribution in [0.25, 0.3) is 0 Å². The summed E-state index contributed by atoms with van der Waals surface area (Å²) in [6.45, 7) is 6.30. The minimum Gasteiger partial charge on any atom is -0.469 e. The van der Waals surface area contributed by atoms with Crippen molar-refractivity contribution in [1.29, 1.82) is 0 Å². The van der Waals surface area contributed by atoms with Gasteiger partial charge in [0.15, 0.2) is 0 Å². The Labute approximate surface area is 152 Å². The van der Waals surface area contributed by atoms with Gasteiger partial charge >= 0.3 is 11.9 Å². The van der Waals surface area contributed by atoms with Crippen molar-refractivity contribution in [2.45, 2.75) is 65.2 Å². The Hall–Kier alpha value is -1.14. The summed E-state index contributed by atoms with van der Waals surface area (Å²) in [5.41, 5.74) is 0. The van der Waals surface area contributed by atoms with Crippen LogP contribution in [-0.2, 0) is 28.5 Å². The van der Waals surface area contributed by atoms with E-state index >= 15 is 0 Å². The highest BCUT2D eigenvalue weighted by molar-refractivity contribution is 5.79. The van der Waals surface area contributed by atoms with E-state index in [2.05, 4.69) is 6.92 Å². The number of carbonyl (C=O) groups is 2. The zero-order valence-electron chi connectivity index (χ0n) is 16.2. The van der Waals surface area contributed by atoms with Gasteiger partial charge in [-0.25, -0.2) is 0 Å². The normalized spacial score (nSPS) is 12.0. The van der Waals surface area contributed by atoms with Gasteiger partial charge in [-0.15, -0.1) is 0 Å². The molecule has 25 heavy (non-hydrogen) atoms. The van der Waals surface area contributed by atoms with Gasteiger partial charge < -0.3 is 18.9 Å². The molecule has 0 aliphatic rings. The molecule has 0 saturated carbocycles. The van der Waals surface area contributed by atoms with Crippen LogP contribution in [0.4, 0.5) is 0 Å². The zero-order chi connectivity index (χ0) is 18.8. The average molecular weight is 360 g/mol. The molecule has 6 nitrogen and oxygen atoms in total. The summed E-state index contributed by atoms with van der Waals surface area (Å²) in [5, 5.41) is 0. The first-order valence-electron chi connectivity index (χ1n) is 9.54. The molecule has 0 aromatic heterocycles. The Balaban J connectivity index is 3.88. The van der Waals surface area contributed by atoms with E-state index in [0.29, 0.717) is 32.8 Å². The van der Waals surface area contributed by atoms with Gasteiger partial charge in [-0.1, -0.05) is 45.4 Å². The Morgan fingerprint density at radius 1 is 0.840 bits per heavy atom. The monoisotopic (exact) mass is 360 g/mol. The maximum Gasteiger partial charge on any atom is 0.309 e. The summed E-state index contributed by atoms with van der Waals surface area (Å²) < 4.78 is 20.3. The third kappa shape index (κ3) is 14.9. The number of hydrogen-bond acceptors (Lipinski definition) is 6. The van der Waals surface area contributed by atoms with Gasteiger partial charge in [-0.05, 0) is 13.3 Å². The van der Waals surface area contributed by atoms with Crippen molar-refractivity contribution in [3.05, 3.63) is 0 Å². The lowest BCUT2D eigenvalue weighted by atomic mass is 9.97. The number of carbonyl (C=O) groups excluding carboxylic acids is 2. The van der Waals surface area contributed by atoms with Crippen molar-refractivity contribution in [2.75, 3.05) is 40.1 Å². The van der Waals surface area contributed by atoms with E-state index < -0.39 is 5.92 Å². The molecular formula is C19H36O6. The van der Waals surface area contributed by atoms with Gasteiger partial charge in [-0.3, -0.25) is 9.59 Å². The molecule has 0 saturated heterocycles. The Kier molecular flexibility index (Phi) is 16.9. The highest BCUT2D eigenvalue weighted by Gasteiger charge is 2.23. The van der Waals surface area contributed by atoms with E-state index in [-0.39, 0.29) is 25.0 Å². The topological polar surface area (TPSA) is 71.1 Å². The molecule has 0 radical (unpaired) electrons. The molecule has 0 aromatic rings. The third-order valence-electron chi connectivity index (χ3n) is 3.92. The SMILES string of the molecule is CCCCCCCCC(CC(=O)OCCOCCOCC)C(=O)OC. The van der Waals surface area contributed by atoms with Crippen LogP contribution < -0.4 is 0 Å². The van der Waals surface area contributed by atoms with Gasteiger partial charge in [0.25, 0.3) is 0 Å². The second-order valence-corrected chi connectivity index (χ2v) is 6.01. The molecule has 1 unspecified atom stereocenters. The summed E-state index contributed by atoms with van der Waals surface area (Å²) >= 11 is 0. The van der Waals surface area contributed by atoms with E-state index in [1.165, 1.54) is 32.8 Å². The van der Waals surface area contributed by atoms with Crippen LogP contribution in [0.3, 0.4) is 0 Å². The molecular weight excluding hydrogens is 324 g/mol. The van der Waals surface area contributed by atoms with E-state index in [9.17, 15) is 9.59 Å². The van der Waals surface area contributed by atoms with Crippen LogP contribution in [0, 0.1) is 5.92 Å². The van der Waals surface area contributed by atoms with Crippen LogP contribution in [-0.4, -0.2) is 52.1 Å². The average Bonchev–Trinajstić information content (AvgIpc) is 2.62. The van der Waals surface area contributed by atoms with Gasteiger partial charge in [0.05, 0.1) is 39.3 Å². The molecule has 6 heteroatoms. The maximum atomic E-state index is 11.9. The zero-order valence-corrected chi connectivity index (χ0v) is 16.2. The number of esters is 2. The highest BCUT2D eigenvalue weighted by atomic mass is 16.6. The summed E-state index contributed by atoms with van der Waals surface area (Å²) in [5.74, 6) is -1.13. The van der Waals surface area contributed by atoms with E-state index in [1.54, 1.807) is 0 Å². The van der Waals surface area contributed by atoms with Crippen LogP contribution in [0.15, 0.2) is 0 Å². The third-order valence-corrected chi connectivity index (χ3v) is 3.92. The standard InChI is InChI=1S/C19H36O6/c1-4-6-7-8-9-10-11-17(19(21)22-3)16-18(20)25-15-14-24-13-12-23-5-2/h17H,4-16H2,1-3H3. The van der Waals surface area contributed by atoms with Crippen molar-refractivity contribution in [3.63, 3.8) is 0 Å². The van der Waals surface area contributed by atoms with Crippen LogP contribution in [0.5, 0.6) is 0 Å². The van der Waals surface area contributed by atoms with E-state index in [0.717, 1.165) is 12.8 Å². The van der Waals surface area contributed by atoms with Crippen molar-refractivity contribution in [1.82, 2.24) is 0 Å².